The van der Waals surface area contributed by atoms with Gasteiger partial charge in [0.1, 0.15) is 6.54 Å². The minimum Gasteiger partial charge on any atom is -0.392 e. The van der Waals surface area contributed by atoms with Crippen molar-refractivity contribution in [1.29, 1.82) is 0 Å². The van der Waals surface area contributed by atoms with Crippen LogP contribution in [0.15, 0.2) is 21.9 Å². The summed E-state index contributed by atoms with van der Waals surface area (Å²) in [4.78, 5) is 35.2. The van der Waals surface area contributed by atoms with Crippen LogP contribution in [0.25, 0.3) is 0 Å². The van der Waals surface area contributed by atoms with Gasteiger partial charge in [-0.1, -0.05) is 0 Å². The Balaban J connectivity index is 2.63. The molecule has 1 amide bonds. The van der Waals surface area contributed by atoms with Crippen LogP contribution in [0.2, 0.25) is 0 Å². The standard InChI is InChI=1S/C9H13N3O4/c1-6(13)4-10-8(15)5-12-3-2-7(14)11-9(12)16/h2-3,6,13H,4-5H2,1H3,(H,10,15)(H,11,14,16)/t6-/m1/s1. The Morgan fingerprint density at radius 1 is 1.62 bits per heavy atom. The highest BCUT2D eigenvalue weighted by Gasteiger charge is 2.05. The van der Waals surface area contributed by atoms with E-state index in [4.69, 9.17) is 5.11 Å². The van der Waals surface area contributed by atoms with Gasteiger partial charge < -0.3 is 10.4 Å². The van der Waals surface area contributed by atoms with Crippen LogP contribution in [-0.2, 0) is 11.3 Å². The van der Waals surface area contributed by atoms with Crippen molar-refractivity contribution < 1.29 is 9.90 Å². The Morgan fingerprint density at radius 3 is 2.88 bits per heavy atom. The molecule has 0 aliphatic rings. The fourth-order valence-electron chi connectivity index (χ4n) is 1.04. The van der Waals surface area contributed by atoms with E-state index in [2.05, 4.69) is 5.32 Å². The molecule has 7 nitrogen and oxygen atoms in total. The molecule has 0 bridgehead atoms. The Kier molecular flexibility index (Phi) is 4.01. The Morgan fingerprint density at radius 2 is 2.31 bits per heavy atom. The van der Waals surface area contributed by atoms with E-state index < -0.39 is 23.3 Å². The van der Waals surface area contributed by atoms with Crippen molar-refractivity contribution in [3.8, 4) is 0 Å². The second-order valence-electron chi connectivity index (χ2n) is 3.39. The molecule has 7 heteroatoms. The molecule has 0 unspecified atom stereocenters. The molecule has 0 saturated heterocycles. The van der Waals surface area contributed by atoms with Gasteiger partial charge in [-0.3, -0.25) is 19.1 Å². The maximum absolute atomic E-state index is 11.3. The third-order valence-electron chi connectivity index (χ3n) is 1.81. The van der Waals surface area contributed by atoms with Gasteiger partial charge in [-0.25, -0.2) is 4.79 Å². The van der Waals surface area contributed by atoms with Gasteiger partial charge >= 0.3 is 5.69 Å². The number of H-pyrrole nitrogens is 1. The van der Waals surface area contributed by atoms with Gasteiger partial charge in [0.05, 0.1) is 6.10 Å². The molecule has 3 N–H and O–H groups in total. The van der Waals surface area contributed by atoms with E-state index in [0.29, 0.717) is 0 Å². The number of aromatic nitrogens is 2. The average Bonchev–Trinajstić information content (AvgIpc) is 2.19. The highest BCUT2D eigenvalue weighted by Crippen LogP contribution is 1.80. The van der Waals surface area contributed by atoms with Gasteiger partial charge in [0.2, 0.25) is 5.91 Å². The summed E-state index contributed by atoms with van der Waals surface area (Å²) in [6, 6.07) is 1.16. The van der Waals surface area contributed by atoms with E-state index in [9.17, 15) is 14.4 Å². The van der Waals surface area contributed by atoms with E-state index in [1.165, 1.54) is 13.1 Å². The maximum atomic E-state index is 11.3. The summed E-state index contributed by atoms with van der Waals surface area (Å²) in [6.45, 7) is 1.46. The largest absolute Gasteiger partial charge is 0.392 e. The lowest BCUT2D eigenvalue weighted by atomic mass is 10.4. The highest BCUT2D eigenvalue weighted by molar-refractivity contribution is 5.75. The van der Waals surface area contributed by atoms with Crippen LogP contribution in [0.3, 0.4) is 0 Å². The second-order valence-corrected chi connectivity index (χ2v) is 3.39. The molecule has 0 aliphatic heterocycles. The van der Waals surface area contributed by atoms with Crippen molar-refractivity contribution in [2.24, 2.45) is 0 Å². The molecule has 0 aliphatic carbocycles. The van der Waals surface area contributed by atoms with Crippen molar-refractivity contribution in [2.45, 2.75) is 19.6 Å². The zero-order valence-corrected chi connectivity index (χ0v) is 8.77. The lowest BCUT2D eigenvalue weighted by Gasteiger charge is -2.07. The number of aromatic amines is 1. The predicted molar refractivity (Wildman–Crippen MR) is 56.0 cm³/mol. The molecule has 88 valence electrons. The number of aliphatic hydroxyl groups is 1. The smallest absolute Gasteiger partial charge is 0.328 e. The fourth-order valence-corrected chi connectivity index (χ4v) is 1.04. The summed E-state index contributed by atoms with van der Waals surface area (Å²) in [5, 5.41) is 11.4. The summed E-state index contributed by atoms with van der Waals surface area (Å²) in [5.41, 5.74) is -1.15. The topological polar surface area (TPSA) is 104 Å². The molecule has 1 rings (SSSR count). The second kappa shape index (κ2) is 5.26. The zero-order chi connectivity index (χ0) is 12.1. The molecule has 1 aromatic heterocycles. The van der Waals surface area contributed by atoms with E-state index in [-0.39, 0.29) is 13.1 Å². The number of aliphatic hydroxyl groups excluding tert-OH is 1. The number of nitrogens with one attached hydrogen (secondary N) is 2. The Hall–Kier alpha value is -1.89. The van der Waals surface area contributed by atoms with E-state index in [0.717, 1.165) is 10.6 Å². The summed E-state index contributed by atoms with van der Waals surface area (Å²) < 4.78 is 1.07. The summed E-state index contributed by atoms with van der Waals surface area (Å²) in [5.74, 6) is -0.407. The molecular formula is C9H13N3O4. The monoisotopic (exact) mass is 227 g/mol. The third-order valence-corrected chi connectivity index (χ3v) is 1.81. The third kappa shape index (κ3) is 3.70. The first-order valence-electron chi connectivity index (χ1n) is 4.73. The quantitative estimate of drug-likeness (QED) is 0.555. The van der Waals surface area contributed by atoms with Gasteiger partial charge in [0.15, 0.2) is 0 Å². The molecule has 1 atom stereocenters. The lowest BCUT2D eigenvalue weighted by Crippen LogP contribution is -2.37. The Labute approximate surface area is 90.7 Å². The number of carbonyl (C=O) groups is 1. The normalized spacial score (nSPS) is 12.1. The molecular weight excluding hydrogens is 214 g/mol. The molecule has 16 heavy (non-hydrogen) atoms. The lowest BCUT2D eigenvalue weighted by molar-refractivity contribution is -0.122. The first-order valence-corrected chi connectivity index (χ1v) is 4.73. The summed E-state index contributed by atoms with van der Waals surface area (Å²) in [7, 11) is 0. The van der Waals surface area contributed by atoms with Crippen LogP contribution in [0.1, 0.15) is 6.92 Å². The van der Waals surface area contributed by atoms with Crippen LogP contribution in [0.4, 0.5) is 0 Å². The van der Waals surface area contributed by atoms with Crippen molar-refractivity contribution >= 4 is 5.91 Å². The first-order chi connectivity index (χ1) is 7.49. The first kappa shape index (κ1) is 12.2. The van der Waals surface area contributed by atoms with Crippen LogP contribution < -0.4 is 16.6 Å². The van der Waals surface area contributed by atoms with Crippen LogP contribution in [0, 0.1) is 0 Å². The number of amides is 1. The van der Waals surface area contributed by atoms with Crippen molar-refractivity contribution in [1.82, 2.24) is 14.9 Å². The molecule has 0 aromatic carbocycles. The van der Waals surface area contributed by atoms with Crippen molar-refractivity contribution in [2.75, 3.05) is 6.54 Å². The molecule has 1 heterocycles. The van der Waals surface area contributed by atoms with Gasteiger partial charge in [0, 0.05) is 18.8 Å². The van der Waals surface area contributed by atoms with E-state index in [1.807, 2.05) is 4.98 Å². The molecule has 0 fully saturated rings. The van der Waals surface area contributed by atoms with Gasteiger partial charge in [0.25, 0.3) is 5.56 Å². The number of hydrogen-bond donors (Lipinski definition) is 3. The van der Waals surface area contributed by atoms with Crippen LogP contribution in [0.5, 0.6) is 0 Å². The molecule has 1 aromatic rings. The number of hydrogen-bond acceptors (Lipinski definition) is 4. The fraction of sp³-hybridized carbons (Fsp3) is 0.444. The SMILES string of the molecule is C[C@@H](O)CNC(=O)Cn1ccc(=O)[nH]c1=O. The highest BCUT2D eigenvalue weighted by atomic mass is 16.3. The molecule has 0 radical (unpaired) electrons. The number of carbonyl (C=O) groups excluding carboxylic acids is 1. The average molecular weight is 227 g/mol. The molecule has 0 saturated carbocycles. The summed E-state index contributed by atoms with van der Waals surface area (Å²) in [6.07, 6.45) is 0.597. The van der Waals surface area contributed by atoms with Crippen LogP contribution >= 0.6 is 0 Å². The maximum Gasteiger partial charge on any atom is 0.328 e. The van der Waals surface area contributed by atoms with E-state index in [1.54, 1.807) is 0 Å². The number of nitrogens with zero attached hydrogens (tertiary/aromatic N) is 1. The van der Waals surface area contributed by atoms with Gasteiger partial charge in [-0.15, -0.1) is 0 Å². The van der Waals surface area contributed by atoms with Crippen molar-refractivity contribution in [3.63, 3.8) is 0 Å². The minimum absolute atomic E-state index is 0.122. The summed E-state index contributed by atoms with van der Waals surface area (Å²) >= 11 is 0. The molecule has 0 spiro atoms. The van der Waals surface area contributed by atoms with Crippen molar-refractivity contribution in [3.05, 3.63) is 33.1 Å². The Bertz CT molecular complexity index is 474. The van der Waals surface area contributed by atoms with Gasteiger partial charge in [-0.2, -0.15) is 0 Å². The predicted octanol–water partition coefficient (Wildman–Crippen LogP) is -1.97. The zero-order valence-electron chi connectivity index (χ0n) is 8.77. The number of rotatable bonds is 4. The minimum atomic E-state index is -0.642. The van der Waals surface area contributed by atoms with Gasteiger partial charge in [-0.05, 0) is 6.92 Å². The van der Waals surface area contributed by atoms with Crippen LogP contribution in [-0.4, -0.2) is 33.2 Å². The van der Waals surface area contributed by atoms with E-state index >= 15 is 0 Å².